The molecule has 0 bridgehead atoms. The number of anilines is 2. The maximum absolute atomic E-state index is 13.5. The van der Waals surface area contributed by atoms with E-state index in [-0.39, 0.29) is 5.75 Å². The quantitative estimate of drug-likeness (QED) is 0.802. The number of nitrogens with zero attached hydrogens (tertiary/aromatic N) is 1. The van der Waals surface area contributed by atoms with Gasteiger partial charge >= 0.3 is 0 Å². The van der Waals surface area contributed by atoms with Gasteiger partial charge in [-0.2, -0.15) is 0 Å². The normalized spacial score (nSPS) is 10.6. The monoisotopic (exact) mass is 226 g/mol. The summed E-state index contributed by atoms with van der Waals surface area (Å²) in [6.45, 7) is 6.35. The van der Waals surface area contributed by atoms with Gasteiger partial charge in [0.1, 0.15) is 0 Å². The van der Waals surface area contributed by atoms with Gasteiger partial charge in [-0.05, 0) is 20.8 Å². The van der Waals surface area contributed by atoms with Crippen molar-refractivity contribution < 1.29 is 9.13 Å². The minimum absolute atomic E-state index is 0.249. The van der Waals surface area contributed by atoms with Crippen molar-refractivity contribution in [1.82, 2.24) is 0 Å². The number of rotatable bonds is 4. The van der Waals surface area contributed by atoms with E-state index in [9.17, 15) is 4.39 Å². The lowest BCUT2D eigenvalue weighted by atomic mass is 10.2. The van der Waals surface area contributed by atoms with Crippen molar-refractivity contribution in [2.75, 3.05) is 24.3 Å². The summed E-state index contributed by atoms with van der Waals surface area (Å²) >= 11 is 0. The molecule has 0 fully saturated rings. The van der Waals surface area contributed by atoms with Crippen molar-refractivity contribution in [3.63, 3.8) is 0 Å². The second-order valence-corrected chi connectivity index (χ2v) is 3.98. The molecule has 1 aromatic carbocycles. The van der Waals surface area contributed by atoms with Crippen molar-refractivity contribution in [1.29, 1.82) is 0 Å². The van der Waals surface area contributed by atoms with Crippen LogP contribution in [0.4, 0.5) is 15.8 Å². The molecule has 0 heterocycles. The zero-order valence-electron chi connectivity index (χ0n) is 10.2. The molecule has 0 atom stereocenters. The summed E-state index contributed by atoms with van der Waals surface area (Å²) in [5.41, 5.74) is 7.01. The first-order chi connectivity index (χ1) is 7.47. The second-order valence-electron chi connectivity index (χ2n) is 3.98. The van der Waals surface area contributed by atoms with Gasteiger partial charge in [0.05, 0.1) is 18.0 Å². The third-order valence-electron chi connectivity index (χ3n) is 2.54. The van der Waals surface area contributed by atoms with Crippen molar-refractivity contribution >= 4 is 11.4 Å². The summed E-state index contributed by atoms with van der Waals surface area (Å²) in [5.74, 6) is -0.167. The van der Waals surface area contributed by atoms with Crippen LogP contribution in [0.25, 0.3) is 0 Å². The Morgan fingerprint density at radius 1 is 1.44 bits per heavy atom. The van der Waals surface area contributed by atoms with E-state index in [1.807, 2.05) is 32.7 Å². The smallest absolute Gasteiger partial charge is 0.167 e. The first-order valence-electron chi connectivity index (χ1n) is 5.42. The van der Waals surface area contributed by atoms with Gasteiger partial charge in [0.15, 0.2) is 11.6 Å². The van der Waals surface area contributed by atoms with Gasteiger partial charge in [0.2, 0.25) is 0 Å². The average Bonchev–Trinajstić information content (AvgIpc) is 2.21. The Balaban J connectivity index is 3.13. The molecule has 0 unspecified atom stereocenters. The highest BCUT2D eigenvalue weighted by Gasteiger charge is 2.13. The van der Waals surface area contributed by atoms with E-state index >= 15 is 0 Å². The van der Waals surface area contributed by atoms with Gasteiger partial charge in [0, 0.05) is 25.2 Å². The van der Waals surface area contributed by atoms with E-state index in [1.54, 1.807) is 6.07 Å². The molecule has 0 aliphatic rings. The van der Waals surface area contributed by atoms with Crippen LogP contribution in [0.5, 0.6) is 5.75 Å². The van der Waals surface area contributed by atoms with Crippen molar-refractivity contribution in [3.8, 4) is 5.75 Å². The number of nitrogen functional groups attached to an aromatic ring is 1. The largest absolute Gasteiger partial charge is 0.491 e. The Morgan fingerprint density at radius 3 is 2.56 bits per heavy atom. The molecule has 0 spiro atoms. The Hall–Kier alpha value is -1.45. The van der Waals surface area contributed by atoms with Gasteiger partial charge in [0.25, 0.3) is 0 Å². The van der Waals surface area contributed by atoms with Gasteiger partial charge in [-0.1, -0.05) is 0 Å². The van der Waals surface area contributed by atoms with E-state index in [0.29, 0.717) is 18.3 Å². The SMILES string of the molecule is CCOc1cc(N(C)C(C)C)c(N)cc1F. The maximum Gasteiger partial charge on any atom is 0.167 e. The van der Waals surface area contributed by atoms with Crippen LogP contribution >= 0.6 is 0 Å². The van der Waals surface area contributed by atoms with Crippen LogP contribution in [-0.2, 0) is 0 Å². The number of benzene rings is 1. The van der Waals surface area contributed by atoms with Gasteiger partial charge in [-0.15, -0.1) is 0 Å². The van der Waals surface area contributed by atoms with Crippen molar-refractivity contribution in [2.45, 2.75) is 26.8 Å². The summed E-state index contributed by atoms with van der Waals surface area (Å²) in [6.07, 6.45) is 0. The van der Waals surface area contributed by atoms with E-state index in [0.717, 1.165) is 5.69 Å². The maximum atomic E-state index is 13.5. The minimum Gasteiger partial charge on any atom is -0.491 e. The highest BCUT2D eigenvalue weighted by Crippen LogP contribution is 2.31. The Bertz CT molecular complexity index is 366. The van der Waals surface area contributed by atoms with Crippen LogP contribution in [0.2, 0.25) is 0 Å². The Kier molecular flexibility index (Phi) is 3.99. The molecule has 16 heavy (non-hydrogen) atoms. The molecule has 1 aromatic rings. The van der Waals surface area contributed by atoms with Crippen molar-refractivity contribution in [3.05, 3.63) is 17.9 Å². The molecule has 90 valence electrons. The number of hydrogen-bond acceptors (Lipinski definition) is 3. The standard InChI is InChI=1S/C12H19FN2O/c1-5-16-12-7-11(15(4)8(2)3)10(14)6-9(12)13/h6-8H,5,14H2,1-4H3. The third-order valence-corrected chi connectivity index (χ3v) is 2.54. The molecule has 1 rings (SSSR count). The van der Waals surface area contributed by atoms with Crippen LogP contribution in [0.3, 0.4) is 0 Å². The first-order valence-corrected chi connectivity index (χ1v) is 5.42. The Labute approximate surface area is 96.0 Å². The van der Waals surface area contributed by atoms with Crippen LogP contribution in [0.15, 0.2) is 12.1 Å². The minimum atomic E-state index is -0.416. The second kappa shape index (κ2) is 5.05. The van der Waals surface area contributed by atoms with Crippen molar-refractivity contribution in [2.24, 2.45) is 0 Å². The fraction of sp³-hybridized carbons (Fsp3) is 0.500. The van der Waals surface area contributed by atoms with E-state index in [1.165, 1.54) is 6.07 Å². The molecule has 0 aromatic heterocycles. The van der Waals surface area contributed by atoms with E-state index in [4.69, 9.17) is 10.5 Å². The molecular weight excluding hydrogens is 207 g/mol. The summed E-state index contributed by atoms with van der Waals surface area (Å²) in [4.78, 5) is 1.98. The number of halogens is 1. The molecule has 0 radical (unpaired) electrons. The van der Waals surface area contributed by atoms with Crippen LogP contribution in [0.1, 0.15) is 20.8 Å². The summed E-state index contributed by atoms with van der Waals surface area (Å²) in [5, 5.41) is 0. The molecule has 4 heteroatoms. The lowest BCUT2D eigenvalue weighted by Gasteiger charge is -2.25. The lowest BCUT2D eigenvalue weighted by molar-refractivity contribution is 0.321. The lowest BCUT2D eigenvalue weighted by Crippen LogP contribution is -2.26. The van der Waals surface area contributed by atoms with E-state index in [2.05, 4.69) is 0 Å². The molecule has 0 saturated carbocycles. The topological polar surface area (TPSA) is 38.5 Å². The summed E-state index contributed by atoms with van der Waals surface area (Å²) in [7, 11) is 1.92. The van der Waals surface area contributed by atoms with Crippen LogP contribution in [-0.4, -0.2) is 19.7 Å². The molecule has 0 aliphatic heterocycles. The van der Waals surface area contributed by atoms with Crippen LogP contribution in [0, 0.1) is 5.82 Å². The molecule has 3 nitrogen and oxygen atoms in total. The number of hydrogen-bond donors (Lipinski definition) is 1. The average molecular weight is 226 g/mol. The number of ether oxygens (including phenoxy) is 1. The summed E-state index contributed by atoms with van der Waals surface area (Å²) < 4.78 is 18.7. The van der Waals surface area contributed by atoms with Crippen LogP contribution < -0.4 is 15.4 Å². The fourth-order valence-electron chi connectivity index (χ4n) is 1.41. The molecule has 0 saturated heterocycles. The predicted octanol–water partition coefficient (Wildman–Crippen LogP) is 2.65. The van der Waals surface area contributed by atoms with Gasteiger partial charge in [-0.3, -0.25) is 0 Å². The molecule has 2 N–H and O–H groups in total. The first kappa shape index (κ1) is 12.6. The molecular formula is C12H19FN2O. The zero-order chi connectivity index (χ0) is 12.3. The van der Waals surface area contributed by atoms with Gasteiger partial charge in [-0.25, -0.2) is 4.39 Å². The van der Waals surface area contributed by atoms with Gasteiger partial charge < -0.3 is 15.4 Å². The third kappa shape index (κ3) is 2.56. The number of nitrogens with two attached hydrogens (primary N) is 1. The summed E-state index contributed by atoms with van der Waals surface area (Å²) in [6, 6.07) is 3.25. The zero-order valence-corrected chi connectivity index (χ0v) is 10.2. The Morgan fingerprint density at radius 2 is 2.06 bits per heavy atom. The predicted molar refractivity (Wildman–Crippen MR) is 65.5 cm³/mol. The fourth-order valence-corrected chi connectivity index (χ4v) is 1.41. The highest BCUT2D eigenvalue weighted by molar-refractivity contribution is 5.70. The highest BCUT2D eigenvalue weighted by atomic mass is 19.1. The van der Waals surface area contributed by atoms with E-state index < -0.39 is 5.82 Å². The molecule has 0 amide bonds. The molecule has 0 aliphatic carbocycles.